The summed E-state index contributed by atoms with van der Waals surface area (Å²) in [4.78, 5) is 18.4. The van der Waals surface area contributed by atoms with Crippen LogP contribution in [0.2, 0.25) is 0 Å². The number of nitrogens with one attached hydrogen (secondary N) is 1. The molecular weight excluding hydrogens is 216 g/mol. The SMILES string of the molecule is NCCNC(=O)c1cccnc1N1CCCC1. The normalized spacial score (nSPS) is 15.0. The number of pyridine rings is 1. The number of hydrogen-bond acceptors (Lipinski definition) is 4. The van der Waals surface area contributed by atoms with Gasteiger partial charge >= 0.3 is 0 Å². The van der Waals surface area contributed by atoms with E-state index in [0.717, 1.165) is 18.9 Å². The molecule has 0 saturated carbocycles. The van der Waals surface area contributed by atoms with Crippen LogP contribution < -0.4 is 16.0 Å². The van der Waals surface area contributed by atoms with Gasteiger partial charge in [0.1, 0.15) is 5.82 Å². The summed E-state index contributed by atoms with van der Waals surface area (Å²) in [7, 11) is 0. The lowest BCUT2D eigenvalue weighted by atomic mass is 10.2. The summed E-state index contributed by atoms with van der Waals surface area (Å²) in [5, 5.41) is 2.78. The van der Waals surface area contributed by atoms with Crippen LogP contribution in [0.5, 0.6) is 0 Å². The first-order chi connectivity index (χ1) is 8.33. The van der Waals surface area contributed by atoms with Crippen molar-refractivity contribution in [1.82, 2.24) is 10.3 Å². The van der Waals surface area contributed by atoms with Crippen LogP contribution in [0.3, 0.4) is 0 Å². The molecule has 0 atom stereocenters. The summed E-state index contributed by atoms with van der Waals surface area (Å²) in [5.41, 5.74) is 6.02. The van der Waals surface area contributed by atoms with Gasteiger partial charge in [0, 0.05) is 32.4 Å². The van der Waals surface area contributed by atoms with E-state index >= 15 is 0 Å². The van der Waals surface area contributed by atoms with Gasteiger partial charge in [0.25, 0.3) is 5.91 Å². The largest absolute Gasteiger partial charge is 0.356 e. The van der Waals surface area contributed by atoms with Crippen LogP contribution in [-0.4, -0.2) is 37.1 Å². The van der Waals surface area contributed by atoms with E-state index in [2.05, 4.69) is 15.2 Å². The van der Waals surface area contributed by atoms with Crippen molar-refractivity contribution in [2.75, 3.05) is 31.1 Å². The fourth-order valence-corrected chi connectivity index (χ4v) is 2.04. The number of hydrogen-bond donors (Lipinski definition) is 2. The molecule has 1 amide bonds. The number of nitrogens with two attached hydrogens (primary N) is 1. The van der Waals surface area contributed by atoms with Crippen LogP contribution >= 0.6 is 0 Å². The molecule has 2 rings (SSSR count). The minimum Gasteiger partial charge on any atom is -0.356 e. The zero-order chi connectivity index (χ0) is 12.1. The van der Waals surface area contributed by atoms with Gasteiger partial charge in [-0.3, -0.25) is 4.79 Å². The zero-order valence-electron chi connectivity index (χ0n) is 9.85. The highest BCUT2D eigenvalue weighted by Gasteiger charge is 2.19. The third-order valence-electron chi connectivity index (χ3n) is 2.87. The van der Waals surface area contributed by atoms with Crippen LogP contribution in [0, 0.1) is 0 Å². The van der Waals surface area contributed by atoms with Crippen molar-refractivity contribution in [1.29, 1.82) is 0 Å². The zero-order valence-corrected chi connectivity index (χ0v) is 9.85. The molecule has 1 fully saturated rings. The summed E-state index contributed by atoms with van der Waals surface area (Å²) in [6, 6.07) is 3.60. The minimum absolute atomic E-state index is 0.0922. The van der Waals surface area contributed by atoms with Crippen LogP contribution in [0.1, 0.15) is 23.2 Å². The molecule has 92 valence electrons. The molecule has 0 radical (unpaired) electrons. The van der Waals surface area contributed by atoms with Crippen LogP contribution in [0.4, 0.5) is 5.82 Å². The standard InChI is InChI=1S/C12H18N4O/c13-5-7-15-12(17)10-4-3-6-14-11(10)16-8-1-2-9-16/h3-4,6H,1-2,5,7-9,13H2,(H,15,17). The number of nitrogens with zero attached hydrogens (tertiary/aromatic N) is 2. The molecule has 0 aromatic carbocycles. The first-order valence-electron chi connectivity index (χ1n) is 6.01. The van der Waals surface area contributed by atoms with Crippen molar-refractivity contribution in [3.8, 4) is 0 Å². The highest BCUT2D eigenvalue weighted by Crippen LogP contribution is 2.21. The van der Waals surface area contributed by atoms with E-state index in [0.29, 0.717) is 18.7 Å². The molecule has 1 aromatic heterocycles. The van der Waals surface area contributed by atoms with Gasteiger partial charge in [0.2, 0.25) is 0 Å². The Morgan fingerprint density at radius 3 is 2.94 bits per heavy atom. The fourth-order valence-electron chi connectivity index (χ4n) is 2.04. The number of carbonyl (C=O) groups is 1. The van der Waals surface area contributed by atoms with Gasteiger partial charge in [-0.05, 0) is 25.0 Å². The first kappa shape index (κ1) is 11.9. The topological polar surface area (TPSA) is 71.2 Å². The quantitative estimate of drug-likeness (QED) is 0.789. The van der Waals surface area contributed by atoms with Gasteiger partial charge in [-0.25, -0.2) is 4.98 Å². The van der Waals surface area contributed by atoms with Crippen molar-refractivity contribution >= 4 is 11.7 Å². The van der Waals surface area contributed by atoms with Crippen molar-refractivity contribution in [3.63, 3.8) is 0 Å². The second kappa shape index (κ2) is 5.63. The third-order valence-corrected chi connectivity index (χ3v) is 2.87. The van der Waals surface area contributed by atoms with Crippen LogP contribution in [0.25, 0.3) is 0 Å². The molecule has 1 saturated heterocycles. The number of rotatable bonds is 4. The average molecular weight is 234 g/mol. The maximum Gasteiger partial charge on any atom is 0.255 e. The Hall–Kier alpha value is -1.62. The summed E-state index contributed by atoms with van der Waals surface area (Å²) in [6.45, 7) is 2.90. The lowest BCUT2D eigenvalue weighted by Gasteiger charge is -2.19. The Morgan fingerprint density at radius 1 is 1.47 bits per heavy atom. The Bertz CT molecular complexity index is 388. The molecule has 3 N–H and O–H groups in total. The van der Waals surface area contributed by atoms with Crippen LogP contribution in [0.15, 0.2) is 18.3 Å². The Balaban J connectivity index is 2.17. The molecular formula is C12H18N4O. The third kappa shape index (κ3) is 2.74. The number of carbonyl (C=O) groups excluding carboxylic acids is 1. The van der Waals surface area contributed by atoms with Crippen molar-refractivity contribution in [3.05, 3.63) is 23.9 Å². The summed E-state index contributed by atoms with van der Waals surface area (Å²) in [6.07, 6.45) is 4.06. The number of aromatic nitrogens is 1. The maximum atomic E-state index is 11.9. The molecule has 1 aliphatic heterocycles. The van der Waals surface area contributed by atoms with Gasteiger partial charge < -0.3 is 16.0 Å². The Labute approximate surface area is 101 Å². The Morgan fingerprint density at radius 2 is 2.24 bits per heavy atom. The molecule has 5 heteroatoms. The second-order valence-electron chi connectivity index (χ2n) is 4.11. The fraction of sp³-hybridized carbons (Fsp3) is 0.500. The molecule has 5 nitrogen and oxygen atoms in total. The van der Waals surface area contributed by atoms with Crippen LogP contribution in [-0.2, 0) is 0 Å². The lowest BCUT2D eigenvalue weighted by Crippen LogP contribution is -2.31. The number of anilines is 1. The van der Waals surface area contributed by atoms with Gasteiger partial charge in [-0.1, -0.05) is 0 Å². The van der Waals surface area contributed by atoms with E-state index in [-0.39, 0.29) is 5.91 Å². The lowest BCUT2D eigenvalue weighted by molar-refractivity contribution is 0.0955. The summed E-state index contributed by atoms with van der Waals surface area (Å²) in [5.74, 6) is 0.699. The molecule has 0 unspecified atom stereocenters. The minimum atomic E-state index is -0.0922. The Kier molecular flexibility index (Phi) is 3.93. The number of amides is 1. The highest BCUT2D eigenvalue weighted by atomic mass is 16.1. The van der Waals surface area contributed by atoms with Crippen molar-refractivity contribution in [2.24, 2.45) is 5.73 Å². The average Bonchev–Trinajstić information content (AvgIpc) is 2.89. The van der Waals surface area contributed by atoms with Gasteiger partial charge in [-0.15, -0.1) is 0 Å². The van der Waals surface area contributed by atoms with E-state index in [4.69, 9.17) is 5.73 Å². The molecule has 0 aliphatic carbocycles. The maximum absolute atomic E-state index is 11.9. The predicted molar refractivity (Wildman–Crippen MR) is 67.1 cm³/mol. The molecule has 17 heavy (non-hydrogen) atoms. The molecule has 1 aromatic rings. The second-order valence-corrected chi connectivity index (χ2v) is 4.11. The highest BCUT2D eigenvalue weighted by molar-refractivity contribution is 5.98. The van der Waals surface area contributed by atoms with Gasteiger partial charge in [-0.2, -0.15) is 0 Å². The monoisotopic (exact) mass is 234 g/mol. The molecule has 2 heterocycles. The van der Waals surface area contributed by atoms with E-state index in [9.17, 15) is 4.79 Å². The van der Waals surface area contributed by atoms with Crippen molar-refractivity contribution in [2.45, 2.75) is 12.8 Å². The van der Waals surface area contributed by atoms with Gasteiger partial charge in [0.15, 0.2) is 0 Å². The van der Waals surface area contributed by atoms with E-state index in [1.54, 1.807) is 12.3 Å². The molecule has 0 bridgehead atoms. The summed E-state index contributed by atoms with van der Waals surface area (Å²) < 4.78 is 0. The predicted octanol–water partition coefficient (Wildman–Crippen LogP) is 0.370. The van der Waals surface area contributed by atoms with Gasteiger partial charge in [0.05, 0.1) is 5.56 Å². The van der Waals surface area contributed by atoms with E-state index in [1.165, 1.54) is 12.8 Å². The molecule has 0 spiro atoms. The van der Waals surface area contributed by atoms with E-state index < -0.39 is 0 Å². The molecule has 1 aliphatic rings. The van der Waals surface area contributed by atoms with Crippen molar-refractivity contribution < 1.29 is 4.79 Å². The van der Waals surface area contributed by atoms with E-state index in [1.807, 2.05) is 6.07 Å². The smallest absolute Gasteiger partial charge is 0.255 e. The summed E-state index contributed by atoms with van der Waals surface area (Å²) >= 11 is 0. The first-order valence-corrected chi connectivity index (χ1v) is 6.01.